The zero-order valence-electron chi connectivity index (χ0n) is 15.1. The molecule has 25 heavy (non-hydrogen) atoms. The molecule has 0 unspecified atom stereocenters. The number of rotatable bonds is 8. The lowest BCUT2D eigenvalue weighted by molar-refractivity contribution is 0.628. The molecule has 0 bridgehead atoms. The van der Waals surface area contributed by atoms with Crippen molar-refractivity contribution in [3.63, 3.8) is 0 Å². The molecule has 0 aliphatic rings. The Labute approximate surface area is 151 Å². The minimum atomic E-state index is 1.06. The van der Waals surface area contributed by atoms with Crippen LogP contribution in [0.2, 0.25) is 0 Å². The van der Waals surface area contributed by atoms with E-state index >= 15 is 0 Å². The molecule has 0 saturated carbocycles. The molecular weight excluding hydrogens is 302 g/mol. The van der Waals surface area contributed by atoms with Crippen molar-refractivity contribution in [1.29, 1.82) is 0 Å². The van der Waals surface area contributed by atoms with E-state index in [-0.39, 0.29) is 0 Å². The number of hydrogen-bond donors (Lipinski definition) is 0. The Balaban J connectivity index is 1.86. The van der Waals surface area contributed by atoms with Crippen LogP contribution in [-0.2, 0) is 6.42 Å². The van der Waals surface area contributed by atoms with Crippen molar-refractivity contribution in [3.8, 4) is 22.4 Å². The van der Waals surface area contributed by atoms with Gasteiger partial charge in [0.2, 0.25) is 0 Å². The molecule has 0 spiro atoms. The predicted octanol–water partition coefficient (Wildman–Crippen LogP) is 6.93. The average Bonchev–Trinajstić information content (AvgIpc) is 2.69. The molecule has 0 aliphatic heterocycles. The molecule has 128 valence electrons. The summed E-state index contributed by atoms with van der Waals surface area (Å²) >= 11 is 0. The van der Waals surface area contributed by atoms with Crippen LogP contribution >= 0.6 is 0 Å². The highest BCUT2D eigenvalue weighted by Crippen LogP contribution is 2.26. The lowest BCUT2D eigenvalue weighted by Crippen LogP contribution is -1.95. The molecule has 1 nitrogen and oxygen atoms in total. The highest BCUT2D eigenvalue weighted by molar-refractivity contribution is 5.71. The van der Waals surface area contributed by atoms with Gasteiger partial charge in [0.1, 0.15) is 0 Å². The Bertz CT molecular complexity index is 705. The Morgan fingerprint density at radius 2 is 1.28 bits per heavy atom. The monoisotopic (exact) mass is 329 g/mol. The molecule has 0 N–H and O–H groups in total. The predicted molar refractivity (Wildman–Crippen MR) is 108 cm³/mol. The lowest BCUT2D eigenvalue weighted by Gasteiger charge is -2.10. The average molecular weight is 329 g/mol. The summed E-state index contributed by atoms with van der Waals surface area (Å²) in [6, 6.07) is 25.6. The molecule has 0 atom stereocenters. The third kappa shape index (κ3) is 5.03. The summed E-state index contributed by atoms with van der Waals surface area (Å²) in [4.78, 5) is 4.95. The van der Waals surface area contributed by atoms with Gasteiger partial charge in [0.25, 0.3) is 0 Å². The van der Waals surface area contributed by atoms with E-state index in [0.29, 0.717) is 0 Å². The fourth-order valence-corrected chi connectivity index (χ4v) is 3.18. The van der Waals surface area contributed by atoms with E-state index in [1.807, 2.05) is 0 Å². The van der Waals surface area contributed by atoms with Crippen LogP contribution < -0.4 is 0 Å². The highest BCUT2D eigenvalue weighted by Gasteiger charge is 2.07. The first-order chi connectivity index (χ1) is 12.4. The van der Waals surface area contributed by atoms with Gasteiger partial charge in [-0.1, -0.05) is 93.3 Å². The van der Waals surface area contributed by atoms with Gasteiger partial charge in [0.05, 0.1) is 5.69 Å². The van der Waals surface area contributed by atoms with Gasteiger partial charge in [0.15, 0.2) is 0 Å². The quantitative estimate of drug-likeness (QED) is 0.408. The molecule has 0 saturated heterocycles. The molecule has 0 aliphatic carbocycles. The number of hydrogen-bond acceptors (Lipinski definition) is 1. The highest BCUT2D eigenvalue weighted by atomic mass is 14.7. The molecular formula is C24H27N. The second kappa shape index (κ2) is 9.17. The maximum Gasteiger partial charge on any atom is 0.0711 e. The molecule has 0 amide bonds. The van der Waals surface area contributed by atoms with E-state index in [4.69, 9.17) is 4.98 Å². The zero-order valence-corrected chi connectivity index (χ0v) is 15.1. The van der Waals surface area contributed by atoms with Crippen molar-refractivity contribution in [3.05, 3.63) is 78.5 Å². The second-order valence-corrected chi connectivity index (χ2v) is 6.63. The molecule has 0 radical (unpaired) electrons. The molecule has 3 rings (SSSR count). The number of nitrogens with zero attached hydrogens (tertiary/aromatic N) is 1. The molecule has 3 aromatic rings. The number of aromatic nitrogens is 1. The molecule has 1 heteroatoms. The zero-order chi connectivity index (χ0) is 17.3. The van der Waals surface area contributed by atoms with Gasteiger partial charge < -0.3 is 0 Å². The first-order valence-corrected chi connectivity index (χ1v) is 9.48. The van der Waals surface area contributed by atoms with Crippen LogP contribution in [0.15, 0.2) is 72.8 Å². The summed E-state index contributed by atoms with van der Waals surface area (Å²) in [5.74, 6) is 0. The summed E-state index contributed by atoms with van der Waals surface area (Å²) in [6.45, 7) is 2.26. The SMILES string of the molecule is CCCCCCCc1cc(-c2ccccc2)cc(-c2ccccc2)n1. The maximum absolute atomic E-state index is 4.95. The van der Waals surface area contributed by atoms with Crippen LogP contribution in [-0.4, -0.2) is 4.98 Å². The number of benzene rings is 2. The molecule has 1 heterocycles. The summed E-state index contributed by atoms with van der Waals surface area (Å²) in [6.07, 6.45) is 7.54. The van der Waals surface area contributed by atoms with Crippen LogP contribution in [0.5, 0.6) is 0 Å². The van der Waals surface area contributed by atoms with E-state index in [2.05, 4.69) is 79.7 Å². The first kappa shape index (κ1) is 17.4. The number of unbranched alkanes of at least 4 members (excludes halogenated alkanes) is 4. The summed E-state index contributed by atoms with van der Waals surface area (Å²) in [5.41, 5.74) is 5.99. The topological polar surface area (TPSA) is 12.9 Å². The fourth-order valence-electron chi connectivity index (χ4n) is 3.18. The van der Waals surface area contributed by atoms with Gasteiger partial charge in [0, 0.05) is 11.3 Å². The Morgan fingerprint density at radius 1 is 0.640 bits per heavy atom. The van der Waals surface area contributed by atoms with Crippen molar-refractivity contribution >= 4 is 0 Å². The lowest BCUT2D eigenvalue weighted by atomic mass is 10.0. The number of pyridine rings is 1. The van der Waals surface area contributed by atoms with E-state index < -0.39 is 0 Å². The van der Waals surface area contributed by atoms with Gasteiger partial charge in [-0.05, 0) is 36.1 Å². The minimum Gasteiger partial charge on any atom is -0.253 e. The van der Waals surface area contributed by atoms with E-state index in [0.717, 1.165) is 12.1 Å². The normalized spacial score (nSPS) is 10.8. The summed E-state index contributed by atoms with van der Waals surface area (Å²) < 4.78 is 0. The van der Waals surface area contributed by atoms with Crippen molar-refractivity contribution < 1.29 is 0 Å². The first-order valence-electron chi connectivity index (χ1n) is 9.48. The minimum absolute atomic E-state index is 1.06. The van der Waals surface area contributed by atoms with Crippen molar-refractivity contribution in [2.45, 2.75) is 45.4 Å². The van der Waals surface area contributed by atoms with Crippen molar-refractivity contribution in [1.82, 2.24) is 4.98 Å². The third-order valence-corrected chi connectivity index (χ3v) is 4.59. The van der Waals surface area contributed by atoms with Gasteiger partial charge in [-0.25, -0.2) is 0 Å². The van der Waals surface area contributed by atoms with E-state index in [1.165, 1.54) is 54.5 Å². The van der Waals surface area contributed by atoms with Crippen LogP contribution in [0.1, 0.15) is 44.7 Å². The van der Waals surface area contributed by atoms with Gasteiger partial charge >= 0.3 is 0 Å². The standard InChI is InChI=1S/C24H27N/c1-2-3-4-5-12-17-23-18-22(20-13-8-6-9-14-20)19-24(25-23)21-15-10-7-11-16-21/h6-11,13-16,18-19H,2-5,12,17H2,1H3. The number of aryl methyl sites for hydroxylation is 1. The van der Waals surface area contributed by atoms with E-state index in [9.17, 15) is 0 Å². The Hall–Kier alpha value is -2.41. The molecule has 2 aromatic carbocycles. The third-order valence-electron chi connectivity index (χ3n) is 4.59. The van der Waals surface area contributed by atoms with Gasteiger partial charge in [-0.15, -0.1) is 0 Å². The largest absolute Gasteiger partial charge is 0.253 e. The van der Waals surface area contributed by atoms with Crippen molar-refractivity contribution in [2.75, 3.05) is 0 Å². The van der Waals surface area contributed by atoms with E-state index in [1.54, 1.807) is 0 Å². The maximum atomic E-state index is 4.95. The molecule has 1 aromatic heterocycles. The van der Waals surface area contributed by atoms with Crippen LogP contribution in [0.25, 0.3) is 22.4 Å². The fraction of sp³-hybridized carbons (Fsp3) is 0.292. The summed E-state index contributed by atoms with van der Waals surface area (Å²) in [7, 11) is 0. The van der Waals surface area contributed by atoms with Gasteiger partial charge in [-0.3, -0.25) is 4.98 Å². The Morgan fingerprint density at radius 3 is 1.96 bits per heavy atom. The molecule has 0 fully saturated rings. The second-order valence-electron chi connectivity index (χ2n) is 6.63. The van der Waals surface area contributed by atoms with Crippen LogP contribution in [0.4, 0.5) is 0 Å². The Kier molecular flexibility index (Phi) is 6.39. The van der Waals surface area contributed by atoms with Crippen molar-refractivity contribution in [2.24, 2.45) is 0 Å². The van der Waals surface area contributed by atoms with Gasteiger partial charge in [-0.2, -0.15) is 0 Å². The smallest absolute Gasteiger partial charge is 0.0711 e. The van der Waals surface area contributed by atoms with Crippen LogP contribution in [0.3, 0.4) is 0 Å². The summed E-state index contributed by atoms with van der Waals surface area (Å²) in [5, 5.41) is 0. The van der Waals surface area contributed by atoms with Crippen LogP contribution in [0, 0.1) is 0 Å².